The molecule has 32 heavy (non-hydrogen) atoms. The van der Waals surface area contributed by atoms with Crippen molar-refractivity contribution in [3.8, 4) is 0 Å². The van der Waals surface area contributed by atoms with Crippen LogP contribution in [-0.2, 0) is 9.53 Å². The number of para-hydroxylation sites is 1. The summed E-state index contributed by atoms with van der Waals surface area (Å²) in [5.41, 5.74) is 1.14. The molecule has 8 heteroatoms. The largest absolute Gasteiger partial charge is 0.438 e. The first-order valence-corrected chi connectivity index (χ1v) is 12.7. The van der Waals surface area contributed by atoms with Gasteiger partial charge in [0.05, 0.1) is 0 Å². The van der Waals surface area contributed by atoms with Crippen LogP contribution in [0.1, 0.15) is 58.8 Å². The molecule has 1 fully saturated rings. The van der Waals surface area contributed by atoms with Crippen molar-refractivity contribution in [3.05, 3.63) is 30.3 Å². The fourth-order valence-electron chi connectivity index (χ4n) is 3.85. The topological polar surface area (TPSA) is 74.2 Å². The van der Waals surface area contributed by atoms with E-state index in [-0.39, 0.29) is 17.9 Å². The van der Waals surface area contributed by atoms with Gasteiger partial charge < -0.3 is 15.0 Å². The minimum absolute atomic E-state index is 0.0988. The lowest BCUT2D eigenvalue weighted by Crippen LogP contribution is -2.48. The van der Waals surface area contributed by atoms with Gasteiger partial charge in [-0.2, -0.15) is 5.01 Å². The lowest BCUT2D eigenvalue weighted by molar-refractivity contribution is -0.131. The number of Topliss-reactive ketones (excluding diaryl/α,β-unsaturated/α-hetero) is 1. The molecule has 1 aliphatic heterocycles. The van der Waals surface area contributed by atoms with Crippen LogP contribution in [0.3, 0.4) is 0 Å². The quantitative estimate of drug-likeness (QED) is 0.571. The smallest absolute Gasteiger partial charge is 0.341 e. The predicted octanol–water partition coefficient (Wildman–Crippen LogP) is 4.83. The minimum Gasteiger partial charge on any atom is -0.438 e. The molecule has 1 N–H and O–H groups in total. The van der Waals surface area contributed by atoms with E-state index in [2.05, 4.69) is 41.3 Å². The van der Waals surface area contributed by atoms with Gasteiger partial charge in [-0.25, -0.2) is 4.79 Å². The average molecular weight is 461 g/mol. The molecule has 1 aromatic rings. The highest BCUT2D eigenvalue weighted by Crippen LogP contribution is 2.24. The van der Waals surface area contributed by atoms with Crippen molar-refractivity contribution in [2.45, 2.75) is 71.1 Å². The molecule has 0 bridgehead atoms. The molecule has 2 aliphatic rings. The lowest BCUT2D eigenvalue weighted by atomic mass is 9.96. The number of anilines is 1. The number of carbonyl (C=O) groups is 2. The van der Waals surface area contributed by atoms with Crippen LogP contribution in [0.2, 0.25) is 0 Å². The number of rotatable bonds is 9. The number of urea groups is 1. The van der Waals surface area contributed by atoms with Gasteiger partial charge in [0.1, 0.15) is 0 Å². The Hall–Kier alpha value is -2.22. The van der Waals surface area contributed by atoms with E-state index in [1.54, 1.807) is 0 Å². The number of ketones is 1. The third kappa shape index (κ3) is 7.15. The van der Waals surface area contributed by atoms with Crippen molar-refractivity contribution < 1.29 is 14.3 Å². The Labute approximate surface area is 195 Å². The molecular formula is C24H36N4O3S. The molecule has 1 heterocycles. The minimum atomic E-state index is -0.966. The van der Waals surface area contributed by atoms with Gasteiger partial charge in [0.2, 0.25) is 0 Å². The van der Waals surface area contributed by atoms with E-state index in [4.69, 9.17) is 4.74 Å². The second-order valence-electron chi connectivity index (χ2n) is 8.97. The molecule has 0 spiro atoms. The fourth-order valence-corrected chi connectivity index (χ4v) is 4.69. The zero-order valence-electron chi connectivity index (χ0n) is 19.5. The van der Waals surface area contributed by atoms with Gasteiger partial charge in [-0.3, -0.25) is 4.79 Å². The number of carbonyl (C=O) groups excluding carboxylic acids is 2. The van der Waals surface area contributed by atoms with Crippen molar-refractivity contribution in [1.82, 2.24) is 10.3 Å². The number of hydrazone groups is 1. The van der Waals surface area contributed by atoms with E-state index < -0.39 is 6.23 Å². The molecule has 0 saturated heterocycles. The van der Waals surface area contributed by atoms with Gasteiger partial charge in [0.25, 0.3) is 11.5 Å². The number of ether oxygens (including phenoxy) is 1. The Bertz CT molecular complexity index is 781. The molecule has 1 saturated carbocycles. The number of nitrogens with one attached hydrogen (secondary N) is 1. The standard InChI is InChI=1S/C24H36N4O3S/c1-18(2)14-15-21(29)22-28(23(30)25-19-10-6-4-7-11-19)26-24(31-22)32-17-16-27(3)20-12-8-5-9-13-20/h5,8-9,12-13,18-19,22H,4,6-7,10-11,14-17H2,1-3H3,(H,25,30). The van der Waals surface area contributed by atoms with Crippen molar-refractivity contribution in [2.75, 3.05) is 24.2 Å². The van der Waals surface area contributed by atoms with Gasteiger partial charge in [-0.1, -0.05) is 63.1 Å². The van der Waals surface area contributed by atoms with Gasteiger partial charge >= 0.3 is 6.03 Å². The van der Waals surface area contributed by atoms with Crippen LogP contribution >= 0.6 is 11.8 Å². The highest BCUT2D eigenvalue weighted by Gasteiger charge is 2.38. The van der Waals surface area contributed by atoms with Crippen LogP contribution in [0.5, 0.6) is 0 Å². The van der Waals surface area contributed by atoms with Gasteiger partial charge in [-0.15, -0.1) is 5.10 Å². The number of hydrogen-bond donors (Lipinski definition) is 1. The van der Waals surface area contributed by atoms with Gasteiger partial charge in [0, 0.05) is 37.5 Å². The number of amides is 2. The Morgan fingerprint density at radius 3 is 2.62 bits per heavy atom. The zero-order valence-corrected chi connectivity index (χ0v) is 20.3. The number of nitrogens with zero attached hydrogens (tertiary/aromatic N) is 3. The second-order valence-corrected chi connectivity index (χ2v) is 10.0. The molecule has 1 atom stereocenters. The molecule has 1 unspecified atom stereocenters. The number of thioether (sulfide) groups is 1. The lowest BCUT2D eigenvalue weighted by Gasteiger charge is -2.26. The van der Waals surface area contributed by atoms with Crippen LogP contribution in [-0.4, -0.2) is 53.7 Å². The SMILES string of the molecule is CC(C)CCC(=O)C1OC(SCCN(C)c2ccccc2)=NN1C(=O)NC1CCCCC1. The van der Waals surface area contributed by atoms with Crippen LogP contribution in [0.25, 0.3) is 0 Å². The van der Waals surface area contributed by atoms with E-state index in [0.29, 0.717) is 17.6 Å². The Balaban J connectivity index is 1.58. The number of benzene rings is 1. The average Bonchev–Trinajstić information content (AvgIpc) is 3.23. The zero-order chi connectivity index (χ0) is 22.9. The van der Waals surface area contributed by atoms with E-state index >= 15 is 0 Å². The van der Waals surface area contributed by atoms with Gasteiger partial charge in [0.15, 0.2) is 5.78 Å². The first-order valence-electron chi connectivity index (χ1n) is 11.7. The summed E-state index contributed by atoms with van der Waals surface area (Å²) < 4.78 is 5.88. The summed E-state index contributed by atoms with van der Waals surface area (Å²) >= 11 is 1.43. The maximum absolute atomic E-state index is 12.9. The van der Waals surface area contributed by atoms with Crippen molar-refractivity contribution >= 4 is 34.5 Å². The normalized spacial score (nSPS) is 18.9. The maximum atomic E-state index is 12.9. The number of hydrogen-bond acceptors (Lipinski definition) is 6. The Morgan fingerprint density at radius 2 is 1.94 bits per heavy atom. The molecule has 0 aromatic heterocycles. The summed E-state index contributed by atoms with van der Waals surface area (Å²) in [6.45, 7) is 4.95. The molecule has 3 rings (SSSR count). The van der Waals surface area contributed by atoms with Crippen LogP contribution < -0.4 is 10.2 Å². The fraction of sp³-hybridized carbons (Fsp3) is 0.625. The third-order valence-electron chi connectivity index (χ3n) is 5.86. The molecule has 0 radical (unpaired) electrons. The molecule has 2 amide bonds. The first kappa shape index (κ1) is 24.4. The van der Waals surface area contributed by atoms with Gasteiger partial charge in [-0.05, 0) is 37.3 Å². The van der Waals surface area contributed by atoms with E-state index in [0.717, 1.165) is 50.1 Å². The van der Waals surface area contributed by atoms with E-state index in [1.807, 2.05) is 25.2 Å². The first-order chi connectivity index (χ1) is 15.4. The molecular weight excluding hydrogens is 424 g/mol. The Morgan fingerprint density at radius 1 is 1.22 bits per heavy atom. The van der Waals surface area contributed by atoms with E-state index in [1.165, 1.54) is 23.2 Å². The van der Waals surface area contributed by atoms with Crippen LogP contribution in [0.15, 0.2) is 35.4 Å². The second kappa shape index (κ2) is 12.1. The third-order valence-corrected chi connectivity index (χ3v) is 6.67. The highest BCUT2D eigenvalue weighted by atomic mass is 32.2. The predicted molar refractivity (Wildman–Crippen MR) is 131 cm³/mol. The van der Waals surface area contributed by atoms with Crippen molar-refractivity contribution in [3.63, 3.8) is 0 Å². The van der Waals surface area contributed by atoms with Crippen molar-refractivity contribution in [2.24, 2.45) is 11.0 Å². The van der Waals surface area contributed by atoms with E-state index in [9.17, 15) is 9.59 Å². The van der Waals surface area contributed by atoms with Crippen LogP contribution in [0.4, 0.5) is 10.5 Å². The van der Waals surface area contributed by atoms with Crippen molar-refractivity contribution in [1.29, 1.82) is 0 Å². The summed E-state index contributed by atoms with van der Waals surface area (Å²) in [4.78, 5) is 27.9. The summed E-state index contributed by atoms with van der Waals surface area (Å²) in [6.07, 6.45) is 5.58. The molecule has 1 aromatic carbocycles. The summed E-state index contributed by atoms with van der Waals surface area (Å²) in [5.74, 6) is 1.04. The Kier molecular flexibility index (Phi) is 9.26. The summed E-state index contributed by atoms with van der Waals surface area (Å²) in [6, 6.07) is 9.96. The maximum Gasteiger partial charge on any atom is 0.341 e. The monoisotopic (exact) mass is 460 g/mol. The molecule has 176 valence electrons. The van der Waals surface area contributed by atoms with Crippen LogP contribution in [0, 0.1) is 5.92 Å². The molecule has 7 nitrogen and oxygen atoms in total. The highest BCUT2D eigenvalue weighted by molar-refractivity contribution is 8.13. The summed E-state index contributed by atoms with van der Waals surface area (Å²) in [5, 5.41) is 9.05. The molecule has 1 aliphatic carbocycles. The summed E-state index contributed by atoms with van der Waals surface area (Å²) in [7, 11) is 2.04.